The lowest BCUT2D eigenvalue weighted by atomic mass is 10.0. The third kappa shape index (κ3) is 6.52. The van der Waals surface area contributed by atoms with Gasteiger partial charge in [-0.25, -0.2) is 0 Å². The van der Waals surface area contributed by atoms with Crippen molar-refractivity contribution in [1.82, 2.24) is 16.0 Å². The fourth-order valence-corrected chi connectivity index (χ4v) is 1.14. The van der Waals surface area contributed by atoms with E-state index in [2.05, 4.69) is 16.0 Å². The average molecular weight is 245 g/mol. The molecular formula is C10H19N3O4. The third-order valence-corrected chi connectivity index (χ3v) is 2.03. The third-order valence-electron chi connectivity index (χ3n) is 2.03. The number of amides is 2. The van der Waals surface area contributed by atoms with Crippen molar-refractivity contribution in [3.8, 4) is 0 Å². The van der Waals surface area contributed by atoms with Crippen LogP contribution in [0, 0.1) is 0 Å². The van der Waals surface area contributed by atoms with Crippen LogP contribution >= 0.6 is 0 Å². The van der Waals surface area contributed by atoms with Crippen molar-refractivity contribution >= 4 is 17.8 Å². The second-order valence-electron chi connectivity index (χ2n) is 4.01. The summed E-state index contributed by atoms with van der Waals surface area (Å²) in [6, 6.07) is 0. The second-order valence-corrected chi connectivity index (χ2v) is 4.01. The molecule has 0 atom stereocenters. The van der Waals surface area contributed by atoms with E-state index in [9.17, 15) is 14.4 Å². The Morgan fingerprint density at radius 2 is 1.71 bits per heavy atom. The molecule has 17 heavy (non-hydrogen) atoms. The Morgan fingerprint density at radius 1 is 1.12 bits per heavy atom. The maximum absolute atomic E-state index is 11.6. The van der Waals surface area contributed by atoms with Gasteiger partial charge >= 0.3 is 5.97 Å². The van der Waals surface area contributed by atoms with E-state index in [0.29, 0.717) is 6.54 Å². The van der Waals surface area contributed by atoms with E-state index in [0.717, 1.165) is 0 Å². The van der Waals surface area contributed by atoms with Crippen LogP contribution in [0.2, 0.25) is 0 Å². The zero-order valence-electron chi connectivity index (χ0n) is 10.3. The van der Waals surface area contributed by atoms with E-state index in [-0.39, 0.29) is 12.5 Å². The van der Waals surface area contributed by atoms with Gasteiger partial charge in [0.2, 0.25) is 11.8 Å². The normalized spacial score (nSPS) is 10.8. The number of carboxylic acid groups (broad SMARTS) is 1. The van der Waals surface area contributed by atoms with Gasteiger partial charge in [0.05, 0.1) is 12.1 Å². The molecule has 0 radical (unpaired) electrons. The van der Waals surface area contributed by atoms with Gasteiger partial charge in [-0.2, -0.15) is 0 Å². The van der Waals surface area contributed by atoms with Crippen LogP contribution in [0.25, 0.3) is 0 Å². The lowest BCUT2D eigenvalue weighted by Gasteiger charge is -2.24. The zero-order valence-corrected chi connectivity index (χ0v) is 10.3. The van der Waals surface area contributed by atoms with Crippen LogP contribution in [0.3, 0.4) is 0 Å². The molecule has 0 aliphatic carbocycles. The molecule has 0 aliphatic heterocycles. The summed E-state index contributed by atoms with van der Waals surface area (Å²) in [6.07, 6.45) is 0. The van der Waals surface area contributed by atoms with Gasteiger partial charge in [0.25, 0.3) is 0 Å². The molecule has 0 saturated heterocycles. The molecule has 0 heterocycles. The Bertz CT molecular complexity index is 302. The highest BCUT2D eigenvalue weighted by Gasteiger charge is 2.26. The Labute approximate surface area is 100.0 Å². The van der Waals surface area contributed by atoms with Gasteiger partial charge < -0.3 is 21.1 Å². The highest BCUT2D eigenvalue weighted by molar-refractivity contribution is 5.90. The Morgan fingerprint density at radius 3 is 2.18 bits per heavy atom. The summed E-state index contributed by atoms with van der Waals surface area (Å²) in [5.74, 6) is -1.98. The smallest absolute Gasteiger partial charge is 0.322 e. The molecule has 2 amide bonds. The molecule has 98 valence electrons. The zero-order chi connectivity index (χ0) is 13.5. The maximum atomic E-state index is 11.6. The number of rotatable bonds is 7. The van der Waals surface area contributed by atoms with Gasteiger partial charge in [0.15, 0.2) is 0 Å². The number of likely N-dealkylation sites (N-methyl/N-ethyl adjacent to an activating group) is 1. The Hall–Kier alpha value is -1.63. The molecule has 7 nitrogen and oxygen atoms in total. The largest absolute Gasteiger partial charge is 0.480 e. The lowest BCUT2D eigenvalue weighted by molar-refractivity contribution is -0.137. The molecule has 0 aromatic heterocycles. The summed E-state index contributed by atoms with van der Waals surface area (Å²) >= 11 is 0. The van der Waals surface area contributed by atoms with Crippen LogP contribution in [-0.4, -0.2) is 48.1 Å². The van der Waals surface area contributed by atoms with Crippen LogP contribution < -0.4 is 16.0 Å². The second kappa shape index (κ2) is 6.85. The summed E-state index contributed by atoms with van der Waals surface area (Å²) in [7, 11) is 0. The number of hydrogen-bond donors (Lipinski definition) is 4. The Kier molecular flexibility index (Phi) is 6.19. The fourth-order valence-electron chi connectivity index (χ4n) is 1.14. The molecule has 4 N–H and O–H groups in total. The predicted molar refractivity (Wildman–Crippen MR) is 61.4 cm³/mol. The first kappa shape index (κ1) is 15.4. The summed E-state index contributed by atoms with van der Waals surface area (Å²) < 4.78 is 0. The number of carbonyl (C=O) groups is 3. The minimum atomic E-state index is -1.13. The van der Waals surface area contributed by atoms with E-state index >= 15 is 0 Å². The van der Waals surface area contributed by atoms with Crippen LogP contribution in [0.1, 0.15) is 20.8 Å². The standard InChI is InChI=1S/C10H19N3O4/c1-4-13-10(2,3)9(17)12-5-7(14)11-6-8(15)16/h13H,4-6H2,1-3H3,(H,11,14)(H,12,17)(H,15,16). The number of carboxylic acids is 1. The van der Waals surface area contributed by atoms with E-state index in [1.54, 1.807) is 13.8 Å². The molecule has 0 aromatic carbocycles. The molecule has 0 saturated carbocycles. The first-order valence-corrected chi connectivity index (χ1v) is 5.31. The lowest BCUT2D eigenvalue weighted by Crippen LogP contribution is -2.54. The molecule has 7 heteroatoms. The van der Waals surface area contributed by atoms with Crippen molar-refractivity contribution in [2.45, 2.75) is 26.3 Å². The van der Waals surface area contributed by atoms with Crippen LogP contribution in [0.5, 0.6) is 0 Å². The first-order chi connectivity index (χ1) is 7.79. The van der Waals surface area contributed by atoms with Crippen molar-refractivity contribution in [1.29, 1.82) is 0 Å². The summed E-state index contributed by atoms with van der Waals surface area (Å²) in [6.45, 7) is 5.20. The Balaban J connectivity index is 3.99. The minimum absolute atomic E-state index is 0.235. The van der Waals surface area contributed by atoms with Gasteiger partial charge in [-0.1, -0.05) is 6.92 Å². The van der Waals surface area contributed by atoms with Crippen molar-refractivity contribution in [3.63, 3.8) is 0 Å². The molecule has 0 aromatic rings. The van der Waals surface area contributed by atoms with E-state index in [1.807, 2.05) is 6.92 Å². The molecule has 0 spiro atoms. The molecule has 0 unspecified atom stereocenters. The molecule has 0 bridgehead atoms. The number of nitrogens with one attached hydrogen (secondary N) is 3. The summed E-state index contributed by atoms with van der Waals surface area (Å²) in [5, 5.41) is 15.9. The molecule has 0 rings (SSSR count). The monoisotopic (exact) mass is 245 g/mol. The number of aliphatic carboxylic acids is 1. The van der Waals surface area contributed by atoms with Crippen LogP contribution in [-0.2, 0) is 14.4 Å². The van der Waals surface area contributed by atoms with E-state index in [4.69, 9.17) is 5.11 Å². The number of hydrogen-bond acceptors (Lipinski definition) is 4. The minimum Gasteiger partial charge on any atom is -0.480 e. The van der Waals surface area contributed by atoms with Gasteiger partial charge in [-0.05, 0) is 20.4 Å². The molecular weight excluding hydrogens is 226 g/mol. The summed E-state index contributed by atoms with van der Waals surface area (Å²) in [4.78, 5) is 32.9. The van der Waals surface area contributed by atoms with Gasteiger partial charge in [-0.3, -0.25) is 14.4 Å². The van der Waals surface area contributed by atoms with Crippen molar-refractivity contribution in [3.05, 3.63) is 0 Å². The van der Waals surface area contributed by atoms with Crippen molar-refractivity contribution in [2.75, 3.05) is 19.6 Å². The molecule has 0 aliphatic rings. The van der Waals surface area contributed by atoms with Gasteiger partial charge in [0.1, 0.15) is 6.54 Å². The van der Waals surface area contributed by atoms with Gasteiger partial charge in [-0.15, -0.1) is 0 Å². The van der Waals surface area contributed by atoms with Crippen molar-refractivity contribution < 1.29 is 19.5 Å². The average Bonchev–Trinajstić information content (AvgIpc) is 2.22. The van der Waals surface area contributed by atoms with Crippen LogP contribution in [0.4, 0.5) is 0 Å². The highest BCUT2D eigenvalue weighted by atomic mass is 16.4. The van der Waals surface area contributed by atoms with Crippen LogP contribution in [0.15, 0.2) is 0 Å². The summed E-state index contributed by atoms with van der Waals surface area (Å²) in [5.41, 5.74) is -0.762. The highest BCUT2D eigenvalue weighted by Crippen LogP contribution is 2.00. The quantitative estimate of drug-likeness (QED) is 0.445. The molecule has 0 fully saturated rings. The van der Waals surface area contributed by atoms with Gasteiger partial charge in [0, 0.05) is 0 Å². The number of carbonyl (C=O) groups excluding carboxylic acids is 2. The predicted octanol–water partition coefficient (Wildman–Crippen LogP) is -1.31. The fraction of sp³-hybridized carbons (Fsp3) is 0.700. The maximum Gasteiger partial charge on any atom is 0.322 e. The van der Waals surface area contributed by atoms with Crippen molar-refractivity contribution in [2.24, 2.45) is 0 Å². The van der Waals surface area contributed by atoms with E-state index in [1.165, 1.54) is 0 Å². The SMILES string of the molecule is CCNC(C)(C)C(=O)NCC(=O)NCC(=O)O. The topological polar surface area (TPSA) is 108 Å². The first-order valence-electron chi connectivity index (χ1n) is 5.31. The van der Waals surface area contributed by atoms with E-state index < -0.39 is 24.0 Å².